The highest BCUT2D eigenvalue weighted by Gasteiger charge is 2.25. The van der Waals surface area contributed by atoms with Gasteiger partial charge in [-0.1, -0.05) is 35.0 Å². The van der Waals surface area contributed by atoms with Crippen LogP contribution in [0.4, 0.5) is 0 Å². The van der Waals surface area contributed by atoms with E-state index < -0.39 is 0 Å². The molecule has 1 aromatic carbocycles. The average Bonchev–Trinajstić information content (AvgIpc) is 3.08. The number of nitrogens with zero attached hydrogens (tertiary/aromatic N) is 3. The number of hydrogen-bond donors (Lipinski definition) is 2. The topological polar surface area (TPSA) is 83.3 Å². The SMILES string of the molecule is Cc1ccc(CCC(=O)NCc2nc(C3CNCCN3C)no2)cc1.Cl. The summed E-state index contributed by atoms with van der Waals surface area (Å²) in [6.45, 7) is 5.04. The zero-order valence-corrected chi connectivity index (χ0v) is 16.0. The molecule has 0 aliphatic carbocycles. The van der Waals surface area contributed by atoms with Gasteiger partial charge in [0.1, 0.15) is 0 Å². The summed E-state index contributed by atoms with van der Waals surface area (Å²) in [7, 11) is 2.05. The number of piperazine rings is 1. The van der Waals surface area contributed by atoms with Gasteiger partial charge in [0, 0.05) is 26.1 Å². The quantitative estimate of drug-likeness (QED) is 0.793. The van der Waals surface area contributed by atoms with Crippen LogP contribution in [-0.2, 0) is 17.8 Å². The van der Waals surface area contributed by atoms with Gasteiger partial charge in [-0.25, -0.2) is 0 Å². The maximum Gasteiger partial charge on any atom is 0.246 e. The minimum atomic E-state index is -0.0169. The molecular formula is C18H26ClN5O2. The van der Waals surface area contributed by atoms with Crippen molar-refractivity contribution in [2.45, 2.75) is 32.4 Å². The zero-order chi connectivity index (χ0) is 17.6. The van der Waals surface area contributed by atoms with Gasteiger partial charge >= 0.3 is 0 Å². The number of aromatic nitrogens is 2. The van der Waals surface area contributed by atoms with E-state index in [0.29, 0.717) is 18.1 Å². The van der Waals surface area contributed by atoms with Crippen LogP contribution in [0.25, 0.3) is 0 Å². The fourth-order valence-corrected chi connectivity index (χ4v) is 2.84. The summed E-state index contributed by atoms with van der Waals surface area (Å²) < 4.78 is 5.26. The maximum absolute atomic E-state index is 12.0. The Bertz CT molecular complexity index is 704. The summed E-state index contributed by atoms with van der Waals surface area (Å²) in [5, 5.41) is 10.2. The van der Waals surface area contributed by atoms with Crippen molar-refractivity contribution in [1.29, 1.82) is 0 Å². The first-order chi connectivity index (χ1) is 12.1. The van der Waals surface area contributed by atoms with Gasteiger partial charge in [-0.3, -0.25) is 9.69 Å². The van der Waals surface area contributed by atoms with Gasteiger partial charge in [0.25, 0.3) is 0 Å². The van der Waals surface area contributed by atoms with Crippen LogP contribution in [-0.4, -0.2) is 47.6 Å². The molecule has 7 nitrogen and oxygen atoms in total. The molecular weight excluding hydrogens is 354 g/mol. The summed E-state index contributed by atoms with van der Waals surface area (Å²) in [4.78, 5) is 18.6. The minimum absolute atomic E-state index is 0. The molecule has 0 bridgehead atoms. The third-order valence-corrected chi connectivity index (χ3v) is 4.49. The second-order valence-corrected chi connectivity index (χ2v) is 6.51. The van der Waals surface area contributed by atoms with Crippen molar-refractivity contribution >= 4 is 18.3 Å². The molecule has 2 heterocycles. The first kappa shape index (κ1) is 20.4. The van der Waals surface area contributed by atoms with Gasteiger partial charge < -0.3 is 15.2 Å². The Kier molecular flexibility index (Phi) is 7.56. The average molecular weight is 380 g/mol. The first-order valence-corrected chi connectivity index (χ1v) is 8.67. The van der Waals surface area contributed by atoms with E-state index in [-0.39, 0.29) is 30.9 Å². The van der Waals surface area contributed by atoms with Crippen molar-refractivity contribution in [3.8, 4) is 0 Å². The molecule has 1 atom stereocenters. The Hall–Kier alpha value is -1.96. The number of nitrogens with one attached hydrogen (secondary N) is 2. The molecule has 0 radical (unpaired) electrons. The van der Waals surface area contributed by atoms with Crippen molar-refractivity contribution in [2.24, 2.45) is 0 Å². The van der Waals surface area contributed by atoms with E-state index in [2.05, 4.69) is 56.9 Å². The van der Waals surface area contributed by atoms with Crippen LogP contribution >= 0.6 is 12.4 Å². The standard InChI is InChI=1S/C18H25N5O2.ClH/c1-13-3-5-14(6-4-13)7-8-16(24)20-12-17-21-18(22-25-17)15-11-19-9-10-23(15)2;/h3-6,15,19H,7-12H2,1-2H3,(H,20,24);1H. The highest BCUT2D eigenvalue weighted by Crippen LogP contribution is 2.17. The van der Waals surface area contributed by atoms with Crippen LogP contribution in [0.3, 0.4) is 0 Å². The molecule has 26 heavy (non-hydrogen) atoms. The van der Waals surface area contributed by atoms with Gasteiger partial charge in [-0.2, -0.15) is 4.98 Å². The Morgan fingerprint density at radius 3 is 2.88 bits per heavy atom. The Morgan fingerprint density at radius 2 is 2.15 bits per heavy atom. The van der Waals surface area contributed by atoms with Gasteiger partial charge in [-0.05, 0) is 26.0 Å². The van der Waals surface area contributed by atoms with E-state index in [4.69, 9.17) is 4.52 Å². The second-order valence-electron chi connectivity index (χ2n) is 6.51. The third-order valence-electron chi connectivity index (χ3n) is 4.49. The van der Waals surface area contributed by atoms with Crippen LogP contribution in [0.15, 0.2) is 28.8 Å². The highest BCUT2D eigenvalue weighted by atomic mass is 35.5. The van der Waals surface area contributed by atoms with Crippen LogP contribution in [0, 0.1) is 6.92 Å². The Balaban J connectivity index is 0.00000243. The molecule has 1 aliphatic heterocycles. The predicted molar refractivity (Wildman–Crippen MR) is 101 cm³/mol. The third kappa shape index (κ3) is 5.52. The zero-order valence-electron chi connectivity index (χ0n) is 15.2. The number of carbonyl (C=O) groups excluding carboxylic acids is 1. The van der Waals surface area contributed by atoms with Gasteiger partial charge in [0.2, 0.25) is 11.8 Å². The molecule has 8 heteroatoms. The van der Waals surface area contributed by atoms with Gasteiger partial charge in [0.15, 0.2) is 5.82 Å². The molecule has 1 saturated heterocycles. The minimum Gasteiger partial charge on any atom is -0.347 e. The van der Waals surface area contributed by atoms with Crippen molar-refractivity contribution in [3.05, 3.63) is 47.1 Å². The summed E-state index contributed by atoms with van der Waals surface area (Å²) in [6, 6.07) is 8.35. The predicted octanol–water partition coefficient (Wildman–Crippen LogP) is 1.62. The molecule has 1 unspecified atom stereocenters. The number of halogens is 1. The van der Waals surface area contributed by atoms with Crippen molar-refractivity contribution in [2.75, 3.05) is 26.7 Å². The maximum atomic E-state index is 12.0. The summed E-state index contributed by atoms with van der Waals surface area (Å²) >= 11 is 0. The van der Waals surface area contributed by atoms with Crippen LogP contribution in [0.5, 0.6) is 0 Å². The van der Waals surface area contributed by atoms with E-state index in [1.165, 1.54) is 5.56 Å². The van der Waals surface area contributed by atoms with Crippen LogP contribution in [0.2, 0.25) is 0 Å². The second kappa shape index (κ2) is 9.66. The fraction of sp³-hybridized carbons (Fsp3) is 0.500. The summed E-state index contributed by atoms with van der Waals surface area (Å²) in [6.07, 6.45) is 1.17. The highest BCUT2D eigenvalue weighted by molar-refractivity contribution is 5.85. The summed E-state index contributed by atoms with van der Waals surface area (Å²) in [5.41, 5.74) is 2.38. The molecule has 1 fully saturated rings. The largest absolute Gasteiger partial charge is 0.347 e. The normalized spacial score (nSPS) is 17.5. The number of rotatable bonds is 6. The number of hydrogen-bond acceptors (Lipinski definition) is 6. The first-order valence-electron chi connectivity index (χ1n) is 8.67. The molecule has 142 valence electrons. The smallest absolute Gasteiger partial charge is 0.246 e. The van der Waals surface area contributed by atoms with Crippen molar-refractivity contribution in [1.82, 2.24) is 25.7 Å². The van der Waals surface area contributed by atoms with E-state index in [1.807, 2.05) is 7.05 Å². The lowest BCUT2D eigenvalue weighted by atomic mass is 10.1. The summed E-state index contributed by atoms with van der Waals surface area (Å²) in [5.74, 6) is 1.09. The monoisotopic (exact) mass is 379 g/mol. The molecule has 0 saturated carbocycles. The van der Waals surface area contributed by atoms with Crippen LogP contribution < -0.4 is 10.6 Å². The molecule has 1 amide bonds. The molecule has 1 aromatic heterocycles. The number of aryl methyl sites for hydroxylation is 2. The van der Waals surface area contributed by atoms with Gasteiger partial charge in [0.05, 0.1) is 12.6 Å². The lowest BCUT2D eigenvalue weighted by Crippen LogP contribution is -2.44. The Labute approximate surface area is 159 Å². The Morgan fingerprint density at radius 1 is 1.38 bits per heavy atom. The van der Waals surface area contributed by atoms with Crippen LogP contribution in [0.1, 0.15) is 35.3 Å². The van der Waals surface area contributed by atoms with Gasteiger partial charge in [-0.15, -0.1) is 12.4 Å². The lowest BCUT2D eigenvalue weighted by molar-refractivity contribution is -0.121. The van der Waals surface area contributed by atoms with Crippen molar-refractivity contribution < 1.29 is 9.32 Å². The molecule has 0 spiro atoms. The number of likely N-dealkylation sites (N-methyl/N-ethyl adjacent to an activating group) is 1. The van der Waals surface area contributed by atoms with Crippen molar-refractivity contribution in [3.63, 3.8) is 0 Å². The molecule has 2 N–H and O–H groups in total. The molecule has 1 aliphatic rings. The molecule has 3 rings (SSSR count). The number of amides is 1. The van der Waals surface area contributed by atoms with E-state index in [1.54, 1.807) is 0 Å². The number of benzene rings is 1. The van der Waals surface area contributed by atoms with E-state index in [9.17, 15) is 4.79 Å². The van der Waals surface area contributed by atoms with E-state index in [0.717, 1.165) is 31.6 Å². The fourth-order valence-electron chi connectivity index (χ4n) is 2.84. The molecule has 2 aromatic rings. The van der Waals surface area contributed by atoms with E-state index >= 15 is 0 Å². The number of carbonyl (C=O) groups is 1. The lowest BCUT2D eigenvalue weighted by Gasteiger charge is -2.30.